The molecule has 0 unspecified atom stereocenters. The Morgan fingerprint density at radius 1 is 1.08 bits per heavy atom. The van der Waals surface area contributed by atoms with Gasteiger partial charge in [-0.25, -0.2) is 17.1 Å². The molecule has 0 saturated carbocycles. The number of nitrogens with zero attached hydrogens (tertiary/aromatic N) is 1. The molecule has 0 radical (unpaired) electrons. The maximum atomic E-state index is 13.9. The van der Waals surface area contributed by atoms with Crippen molar-refractivity contribution >= 4 is 27.5 Å². The van der Waals surface area contributed by atoms with Crippen molar-refractivity contribution in [2.75, 3.05) is 25.4 Å². The highest BCUT2D eigenvalue weighted by molar-refractivity contribution is 7.89. The Morgan fingerprint density at radius 3 is 2.36 bits per heavy atom. The highest BCUT2D eigenvalue weighted by Crippen LogP contribution is 2.17. The first-order valence-electron chi connectivity index (χ1n) is 12.3. The first kappa shape index (κ1) is 30.2. The molecule has 1 amide bonds. The molecule has 0 aliphatic rings. The average Bonchev–Trinajstić information content (AvgIpc) is 2.82. The summed E-state index contributed by atoms with van der Waals surface area (Å²) in [7, 11) is -3.58. The predicted octanol–water partition coefficient (Wildman–Crippen LogP) is 3.50. The van der Waals surface area contributed by atoms with Crippen LogP contribution in [0.1, 0.15) is 44.2 Å². The van der Waals surface area contributed by atoms with Crippen molar-refractivity contribution in [1.82, 2.24) is 14.9 Å². The third kappa shape index (κ3) is 10.5. The maximum Gasteiger partial charge on any atom is 0.221 e. The van der Waals surface area contributed by atoms with E-state index in [0.29, 0.717) is 38.0 Å². The zero-order chi connectivity index (χ0) is 26.6. The molecule has 0 spiro atoms. The molecule has 200 valence electrons. The zero-order valence-corrected chi connectivity index (χ0v) is 22.5. The van der Waals surface area contributed by atoms with Gasteiger partial charge < -0.3 is 15.7 Å². The molecule has 3 N–H and O–H groups in total. The first-order valence-corrected chi connectivity index (χ1v) is 14.3. The van der Waals surface area contributed by atoms with Gasteiger partial charge >= 0.3 is 0 Å². The van der Waals surface area contributed by atoms with Crippen molar-refractivity contribution in [3.05, 3.63) is 70.5 Å². The summed E-state index contributed by atoms with van der Waals surface area (Å²) in [6.45, 7) is 5.32. The van der Waals surface area contributed by atoms with E-state index < -0.39 is 33.9 Å². The Hall–Kier alpha value is -2.04. The molecule has 0 bridgehead atoms. The number of hydrogen-bond donors (Lipinski definition) is 3. The molecule has 36 heavy (non-hydrogen) atoms. The summed E-state index contributed by atoms with van der Waals surface area (Å²) in [5, 5.41) is 17.0. The van der Waals surface area contributed by atoms with Crippen LogP contribution in [0.2, 0.25) is 5.02 Å². The van der Waals surface area contributed by atoms with Gasteiger partial charge in [-0.1, -0.05) is 55.8 Å². The van der Waals surface area contributed by atoms with E-state index in [4.69, 9.17) is 11.6 Å². The molecule has 0 fully saturated rings. The van der Waals surface area contributed by atoms with Crippen LogP contribution in [0.15, 0.2) is 48.5 Å². The molecule has 0 heterocycles. The fraction of sp³-hybridized carbons (Fsp3) is 0.500. The van der Waals surface area contributed by atoms with Gasteiger partial charge in [-0.2, -0.15) is 0 Å². The van der Waals surface area contributed by atoms with E-state index in [1.807, 2.05) is 44.2 Å². The smallest absolute Gasteiger partial charge is 0.221 e. The van der Waals surface area contributed by atoms with Crippen LogP contribution < -0.4 is 10.6 Å². The Labute approximate surface area is 219 Å². The minimum absolute atomic E-state index is 0.127. The molecule has 10 heteroatoms. The minimum Gasteiger partial charge on any atom is -0.390 e. The molecule has 2 aromatic carbocycles. The largest absolute Gasteiger partial charge is 0.390 e. The van der Waals surface area contributed by atoms with Crippen LogP contribution in [0.5, 0.6) is 0 Å². The van der Waals surface area contributed by atoms with E-state index in [1.54, 1.807) is 6.07 Å². The Bertz CT molecular complexity index is 1030. The second kappa shape index (κ2) is 15.3. The SMILES string of the molecule is CCCN(CCC)S(=O)(=O)CCC(=O)N[C@@H](Cc1cc(F)cc(Cl)c1)[C@@H](O)CNCc1ccccc1. The summed E-state index contributed by atoms with van der Waals surface area (Å²) in [5.74, 6) is -1.34. The molecular formula is C26H37ClFN3O4S. The Balaban J connectivity index is 2.05. The van der Waals surface area contributed by atoms with E-state index in [1.165, 1.54) is 16.4 Å². The lowest BCUT2D eigenvalue weighted by Crippen LogP contribution is -2.49. The van der Waals surface area contributed by atoms with Crippen molar-refractivity contribution in [3.8, 4) is 0 Å². The van der Waals surface area contributed by atoms with E-state index in [2.05, 4.69) is 10.6 Å². The number of carbonyl (C=O) groups is 1. The first-order chi connectivity index (χ1) is 17.1. The maximum absolute atomic E-state index is 13.9. The zero-order valence-electron chi connectivity index (χ0n) is 20.9. The van der Waals surface area contributed by atoms with Crippen LogP contribution >= 0.6 is 11.6 Å². The highest BCUT2D eigenvalue weighted by atomic mass is 35.5. The van der Waals surface area contributed by atoms with E-state index in [-0.39, 0.29) is 30.2 Å². The van der Waals surface area contributed by atoms with E-state index in [0.717, 1.165) is 5.56 Å². The molecule has 7 nitrogen and oxygen atoms in total. The normalized spacial score (nSPS) is 13.5. The number of nitrogens with one attached hydrogen (secondary N) is 2. The Morgan fingerprint density at radius 2 is 1.75 bits per heavy atom. The summed E-state index contributed by atoms with van der Waals surface area (Å²) in [5.41, 5.74) is 1.55. The summed E-state index contributed by atoms with van der Waals surface area (Å²) >= 11 is 5.98. The van der Waals surface area contributed by atoms with Crippen molar-refractivity contribution in [1.29, 1.82) is 0 Å². The van der Waals surface area contributed by atoms with Crippen LogP contribution in [-0.2, 0) is 27.8 Å². The standard InChI is InChI=1S/C26H37ClFN3O4S/c1-3-11-31(12-4-2)36(34,35)13-10-26(33)30-24(16-21-14-22(27)17-23(28)15-21)25(32)19-29-18-20-8-6-5-7-9-20/h5-9,14-15,17,24-25,29,32H,3-4,10-13,16,18-19H2,1-2H3,(H,30,33)/t24-,25-/m0/s1. The van der Waals surface area contributed by atoms with E-state index in [9.17, 15) is 22.7 Å². The van der Waals surface area contributed by atoms with Gasteiger partial charge in [0.2, 0.25) is 15.9 Å². The van der Waals surface area contributed by atoms with Gasteiger partial charge in [-0.3, -0.25) is 4.79 Å². The third-order valence-electron chi connectivity index (χ3n) is 5.64. The van der Waals surface area contributed by atoms with Crippen LogP contribution in [0, 0.1) is 5.82 Å². The number of rotatable bonds is 16. The topological polar surface area (TPSA) is 98.7 Å². The molecule has 0 aliphatic heterocycles. The fourth-order valence-corrected chi connectivity index (χ4v) is 5.75. The lowest BCUT2D eigenvalue weighted by atomic mass is 10.0. The number of benzene rings is 2. The number of carbonyl (C=O) groups excluding carboxylic acids is 1. The monoisotopic (exact) mass is 541 g/mol. The number of sulfonamides is 1. The van der Waals surface area contributed by atoms with Gasteiger partial charge in [0.1, 0.15) is 5.82 Å². The lowest BCUT2D eigenvalue weighted by molar-refractivity contribution is -0.122. The van der Waals surface area contributed by atoms with Crippen molar-refractivity contribution < 1.29 is 22.7 Å². The van der Waals surface area contributed by atoms with Gasteiger partial charge in [0.25, 0.3) is 0 Å². The third-order valence-corrected chi connectivity index (χ3v) is 7.73. The van der Waals surface area contributed by atoms with Gasteiger partial charge in [0, 0.05) is 37.6 Å². The molecule has 2 aromatic rings. The average molecular weight is 542 g/mol. The number of hydrogen-bond acceptors (Lipinski definition) is 5. The fourth-order valence-electron chi connectivity index (χ4n) is 3.89. The quantitative estimate of drug-likeness (QED) is 0.302. The van der Waals surface area contributed by atoms with Gasteiger partial charge in [-0.15, -0.1) is 0 Å². The van der Waals surface area contributed by atoms with Crippen molar-refractivity contribution in [2.24, 2.45) is 0 Å². The number of aliphatic hydroxyl groups excluding tert-OH is 1. The number of halogens is 2. The summed E-state index contributed by atoms with van der Waals surface area (Å²) in [4.78, 5) is 12.7. The van der Waals surface area contributed by atoms with Crippen molar-refractivity contribution in [3.63, 3.8) is 0 Å². The van der Waals surface area contributed by atoms with Gasteiger partial charge in [0.15, 0.2) is 0 Å². The lowest BCUT2D eigenvalue weighted by Gasteiger charge is -2.25. The van der Waals surface area contributed by atoms with Crippen LogP contribution in [0.4, 0.5) is 4.39 Å². The number of amides is 1. The van der Waals surface area contributed by atoms with E-state index >= 15 is 0 Å². The molecular weight excluding hydrogens is 505 g/mol. The molecule has 2 atom stereocenters. The molecule has 0 aliphatic carbocycles. The van der Waals surface area contributed by atoms with Crippen molar-refractivity contribution in [2.45, 2.75) is 58.2 Å². The summed E-state index contributed by atoms with van der Waals surface area (Å²) < 4.78 is 40.7. The predicted molar refractivity (Wildman–Crippen MR) is 142 cm³/mol. The van der Waals surface area contributed by atoms with Crippen LogP contribution in [0.3, 0.4) is 0 Å². The number of aliphatic hydroxyl groups is 1. The van der Waals surface area contributed by atoms with Gasteiger partial charge in [0.05, 0.1) is 17.9 Å². The Kier molecular flexibility index (Phi) is 12.8. The van der Waals surface area contributed by atoms with Crippen LogP contribution in [0.25, 0.3) is 0 Å². The summed E-state index contributed by atoms with van der Waals surface area (Å²) in [6, 6.07) is 12.9. The van der Waals surface area contributed by atoms with Crippen LogP contribution in [-0.4, -0.2) is 61.3 Å². The summed E-state index contributed by atoms with van der Waals surface area (Å²) in [6.07, 6.45) is 0.254. The van der Waals surface area contributed by atoms with Gasteiger partial charge in [-0.05, 0) is 48.6 Å². The second-order valence-corrected chi connectivity index (χ2v) is 11.3. The highest BCUT2D eigenvalue weighted by Gasteiger charge is 2.25. The minimum atomic E-state index is -3.58. The molecule has 2 rings (SSSR count). The second-order valence-electron chi connectivity index (χ2n) is 8.80. The molecule has 0 saturated heterocycles. The molecule has 0 aromatic heterocycles.